The summed E-state index contributed by atoms with van der Waals surface area (Å²) in [5, 5.41) is 2.88. The molecule has 3 saturated heterocycles. The second kappa shape index (κ2) is 12.7. The third kappa shape index (κ3) is 5.98. The highest BCUT2D eigenvalue weighted by Crippen LogP contribution is 2.60. The van der Waals surface area contributed by atoms with Crippen molar-refractivity contribution < 1.29 is 0 Å². The van der Waals surface area contributed by atoms with Gasteiger partial charge in [-0.05, 0) is 32.1 Å². The molecule has 3 heterocycles. The Morgan fingerprint density at radius 2 is 1.03 bits per heavy atom. The molecule has 3 aliphatic heterocycles. The van der Waals surface area contributed by atoms with Crippen LogP contribution in [-0.2, 0) is 0 Å². The standard InChI is InChI=1S/C29H58N4/c1-6-11-15-19-27(10-5,20-16-12-7-2)29(31-23-24-31,32-25-26-32)33-28(30-33,21-17-13-8-3)22-18-14-9-4/h30H,6-26H2,1-5H3. The monoisotopic (exact) mass is 462 g/mol. The normalized spacial score (nSPS) is 22.6. The zero-order valence-corrected chi connectivity index (χ0v) is 23.2. The van der Waals surface area contributed by atoms with Crippen LogP contribution in [0.25, 0.3) is 0 Å². The Labute approximate surface area is 207 Å². The number of hydrogen-bond donors (Lipinski definition) is 1. The van der Waals surface area contributed by atoms with E-state index in [-0.39, 0.29) is 11.4 Å². The van der Waals surface area contributed by atoms with Gasteiger partial charge < -0.3 is 0 Å². The molecule has 194 valence electrons. The molecule has 1 unspecified atom stereocenters. The van der Waals surface area contributed by atoms with Gasteiger partial charge in [0.2, 0.25) is 0 Å². The van der Waals surface area contributed by atoms with E-state index in [1.54, 1.807) is 0 Å². The molecule has 0 aromatic heterocycles. The van der Waals surface area contributed by atoms with Crippen LogP contribution in [0.4, 0.5) is 0 Å². The molecule has 0 amide bonds. The van der Waals surface area contributed by atoms with Crippen LogP contribution in [0, 0.1) is 5.41 Å². The Morgan fingerprint density at radius 1 is 0.606 bits per heavy atom. The van der Waals surface area contributed by atoms with Gasteiger partial charge in [-0.3, -0.25) is 9.80 Å². The average Bonchev–Trinajstić information content (AvgIpc) is 3.68. The van der Waals surface area contributed by atoms with Crippen molar-refractivity contribution in [3.63, 3.8) is 0 Å². The van der Waals surface area contributed by atoms with Gasteiger partial charge in [0.25, 0.3) is 0 Å². The number of hydrazine groups is 1. The third-order valence-corrected chi connectivity index (χ3v) is 9.08. The molecule has 0 aromatic carbocycles. The van der Waals surface area contributed by atoms with Crippen LogP contribution in [0.5, 0.6) is 0 Å². The molecular formula is C29H58N4. The maximum Gasteiger partial charge on any atom is 0.151 e. The summed E-state index contributed by atoms with van der Waals surface area (Å²) in [5.41, 5.74) is 4.77. The Balaban J connectivity index is 1.94. The summed E-state index contributed by atoms with van der Waals surface area (Å²) < 4.78 is 0. The molecule has 0 aliphatic carbocycles. The van der Waals surface area contributed by atoms with E-state index >= 15 is 0 Å². The molecule has 0 bridgehead atoms. The summed E-state index contributed by atoms with van der Waals surface area (Å²) in [5.74, 6) is 0.113. The van der Waals surface area contributed by atoms with Crippen LogP contribution in [0.1, 0.15) is 144 Å². The third-order valence-electron chi connectivity index (χ3n) is 9.08. The number of nitrogens with one attached hydrogen (secondary N) is 1. The fourth-order valence-corrected chi connectivity index (χ4v) is 6.95. The van der Waals surface area contributed by atoms with Gasteiger partial charge in [0.05, 0.1) is 0 Å². The molecule has 0 spiro atoms. The lowest BCUT2D eigenvalue weighted by molar-refractivity contribution is -0.155. The molecule has 1 N–H and O–H groups in total. The van der Waals surface area contributed by atoms with E-state index in [2.05, 4.69) is 54.9 Å². The van der Waals surface area contributed by atoms with Crippen molar-refractivity contribution in [3.05, 3.63) is 0 Å². The van der Waals surface area contributed by atoms with E-state index in [0.717, 1.165) is 0 Å². The van der Waals surface area contributed by atoms with E-state index in [9.17, 15) is 0 Å². The zero-order chi connectivity index (χ0) is 23.8. The van der Waals surface area contributed by atoms with Gasteiger partial charge >= 0.3 is 0 Å². The molecule has 4 heteroatoms. The number of unbranched alkanes of at least 4 members (excludes halogenated alkanes) is 8. The van der Waals surface area contributed by atoms with Crippen LogP contribution < -0.4 is 5.43 Å². The Bertz CT molecular complexity index is 522. The van der Waals surface area contributed by atoms with Crippen LogP contribution in [0.3, 0.4) is 0 Å². The Hall–Kier alpha value is -0.160. The van der Waals surface area contributed by atoms with Crippen molar-refractivity contribution in [2.24, 2.45) is 5.41 Å². The predicted molar refractivity (Wildman–Crippen MR) is 143 cm³/mol. The highest BCUT2D eigenvalue weighted by atomic mass is 15.9. The smallest absolute Gasteiger partial charge is 0.151 e. The lowest BCUT2D eigenvalue weighted by Gasteiger charge is -2.54. The van der Waals surface area contributed by atoms with Gasteiger partial charge in [-0.2, -0.15) is 5.01 Å². The van der Waals surface area contributed by atoms with Crippen molar-refractivity contribution in [2.45, 2.75) is 155 Å². The van der Waals surface area contributed by atoms with Crippen molar-refractivity contribution in [2.75, 3.05) is 26.2 Å². The highest BCUT2D eigenvalue weighted by molar-refractivity contribution is 5.18. The average molecular weight is 463 g/mol. The first-order chi connectivity index (χ1) is 16.1. The summed E-state index contributed by atoms with van der Waals surface area (Å²) in [6, 6.07) is 0. The van der Waals surface area contributed by atoms with Gasteiger partial charge in [-0.25, -0.2) is 5.43 Å². The first-order valence-corrected chi connectivity index (χ1v) is 15.2. The zero-order valence-electron chi connectivity index (χ0n) is 23.2. The topological polar surface area (TPSA) is 31.0 Å². The SMILES string of the molecule is CCCCCC1(CCCCC)NN1C(N1CC1)(N1CC1)C(CC)(CCCCC)CCCCC. The molecular weight excluding hydrogens is 404 g/mol. The van der Waals surface area contributed by atoms with Gasteiger partial charge in [-0.15, -0.1) is 0 Å². The first-order valence-electron chi connectivity index (χ1n) is 15.2. The second-order valence-electron chi connectivity index (χ2n) is 11.6. The minimum Gasteiger partial charge on any atom is -0.269 e. The summed E-state index contributed by atoms with van der Waals surface area (Å²) in [6.45, 7) is 17.1. The quantitative estimate of drug-likeness (QED) is 0.141. The largest absolute Gasteiger partial charge is 0.269 e. The van der Waals surface area contributed by atoms with Gasteiger partial charge in [0.1, 0.15) is 5.66 Å². The van der Waals surface area contributed by atoms with E-state index in [4.69, 9.17) is 0 Å². The van der Waals surface area contributed by atoms with E-state index in [1.807, 2.05) is 0 Å². The molecule has 4 nitrogen and oxygen atoms in total. The van der Waals surface area contributed by atoms with Crippen LogP contribution in [0.15, 0.2) is 0 Å². The van der Waals surface area contributed by atoms with Crippen LogP contribution in [0.2, 0.25) is 0 Å². The fraction of sp³-hybridized carbons (Fsp3) is 1.00. The number of hydrogen-bond acceptors (Lipinski definition) is 4. The lowest BCUT2D eigenvalue weighted by Crippen LogP contribution is -2.66. The van der Waals surface area contributed by atoms with E-state index in [1.165, 1.54) is 135 Å². The van der Waals surface area contributed by atoms with Crippen molar-refractivity contribution in [1.82, 2.24) is 20.2 Å². The maximum absolute atomic E-state index is 4.15. The highest BCUT2D eigenvalue weighted by Gasteiger charge is 2.73. The van der Waals surface area contributed by atoms with E-state index in [0.29, 0.717) is 5.41 Å². The molecule has 0 aromatic rings. The minimum absolute atomic E-state index is 0.113. The Kier molecular flexibility index (Phi) is 10.6. The van der Waals surface area contributed by atoms with Crippen molar-refractivity contribution >= 4 is 0 Å². The molecule has 0 saturated carbocycles. The fourth-order valence-electron chi connectivity index (χ4n) is 6.95. The lowest BCUT2D eigenvalue weighted by atomic mass is 9.69. The number of rotatable bonds is 21. The van der Waals surface area contributed by atoms with Crippen LogP contribution >= 0.6 is 0 Å². The Morgan fingerprint density at radius 3 is 1.39 bits per heavy atom. The number of nitrogens with zero attached hydrogens (tertiary/aromatic N) is 3. The second-order valence-corrected chi connectivity index (χ2v) is 11.6. The molecule has 0 radical (unpaired) electrons. The summed E-state index contributed by atoms with van der Waals surface area (Å²) >= 11 is 0. The first kappa shape index (κ1) is 27.4. The van der Waals surface area contributed by atoms with Gasteiger partial charge in [0, 0.05) is 31.6 Å². The molecule has 1 atom stereocenters. The van der Waals surface area contributed by atoms with Crippen molar-refractivity contribution in [3.8, 4) is 0 Å². The van der Waals surface area contributed by atoms with Gasteiger partial charge in [0.15, 0.2) is 5.79 Å². The van der Waals surface area contributed by atoms with Gasteiger partial charge in [-0.1, -0.05) is 112 Å². The summed E-state index contributed by atoms with van der Waals surface area (Å²) in [7, 11) is 0. The summed E-state index contributed by atoms with van der Waals surface area (Å²) in [4.78, 5) is 5.77. The molecule has 3 aliphatic rings. The molecule has 3 fully saturated rings. The molecule has 33 heavy (non-hydrogen) atoms. The summed E-state index contributed by atoms with van der Waals surface area (Å²) in [6.07, 6.45) is 23.1. The minimum atomic E-state index is 0.113. The predicted octanol–water partition coefficient (Wildman–Crippen LogP) is 7.51. The molecule has 3 rings (SSSR count). The van der Waals surface area contributed by atoms with Crippen LogP contribution in [-0.4, -0.2) is 52.4 Å². The maximum atomic E-state index is 4.15. The van der Waals surface area contributed by atoms with Crippen molar-refractivity contribution in [1.29, 1.82) is 0 Å². The van der Waals surface area contributed by atoms with E-state index < -0.39 is 0 Å².